The van der Waals surface area contributed by atoms with Crippen LogP contribution in [0.3, 0.4) is 0 Å². The van der Waals surface area contributed by atoms with Gasteiger partial charge in [-0.25, -0.2) is 0 Å². The Bertz CT molecular complexity index is 1960. The van der Waals surface area contributed by atoms with Crippen LogP contribution in [0.5, 0.6) is 17.2 Å². The highest BCUT2D eigenvalue weighted by Gasteiger charge is 2.40. The van der Waals surface area contributed by atoms with Crippen molar-refractivity contribution in [1.29, 1.82) is 0 Å². The Morgan fingerprint density at radius 3 is 1.24 bits per heavy atom. The average molecular weight is 807 g/mol. The number of benzene rings is 4. The second-order valence-corrected chi connectivity index (χ2v) is 17.3. The Hall–Kier alpha value is -4.43. The lowest BCUT2D eigenvalue weighted by Crippen LogP contribution is -2.27. The lowest BCUT2D eigenvalue weighted by molar-refractivity contribution is 0.0973. The van der Waals surface area contributed by atoms with E-state index in [4.69, 9.17) is 22.1 Å². The molecule has 5 rings (SSSR count). The largest absolute Gasteiger partial charge is 0.507 e. The number of hydrogen-bond acceptors (Lipinski definition) is 8. The molecule has 0 unspecified atom stereocenters. The van der Waals surface area contributed by atoms with Crippen molar-refractivity contribution in [2.45, 2.75) is 150 Å². The molecule has 7 nitrogen and oxygen atoms in total. The van der Waals surface area contributed by atoms with Crippen molar-refractivity contribution in [2.24, 2.45) is 0 Å². The number of fused-ring (bicyclic) bond motifs is 2. The van der Waals surface area contributed by atoms with E-state index in [1.54, 1.807) is 6.07 Å². The van der Waals surface area contributed by atoms with Gasteiger partial charge in [0.25, 0.3) is 0 Å². The van der Waals surface area contributed by atoms with Gasteiger partial charge in [-0.2, -0.15) is 0 Å². The number of hydrogen-bond donors (Lipinski definition) is 4. The second-order valence-electron chi connectivity index (χ2n) is 16.9. The molecule has 0 radical (unpaired) electrons. The van der Waals surface area contributed by atoms with E-state index in [0.29, 0.717) is 42.1 Å². The standard InChI is InChI=1S/C50H66N2O5S/c1-13-17-19-33-41-42(50(55)44-40(58)22-21-39(53)43(44)49(41)54)34(20-18-14-2)48(52-46-37(29(9)10)25-32(57-16-4)26-38(46)30(11)12)47(33)51-45-35(27(5)6)23-31(56-15-3)24-36(45)28(7)8/h21-30,51-53,58H,13-20H2,1-12H3. The molecule has 0 bridgehead atoms. The van der Waals surface area contributed by atoms with Crippen LogP contribution in [0, 0.1) is 0 Å². The first kappa shape index (κ1) is 44.7. The van der Waals surface area contributed by atoms with E-state index in [1.165, 1.54) is 6.07 Å². The number of thiol groups is 1. The summed E-state index contributed by atoms with van der Waals surface area (Å²) in [6.07, 6.45) is 4.45. The van der Waals surface area contributed by atoms with E-state index in [0.717, 1.165) is 93.3 Å². The summed E-state index contributed by atoms with van der Waals surface area (Å²) in [5.41, 5.74) is 10.5. The predicted octanol–water partition coefficient (Wildman–Crippen LogP) is 13.9. The molecule has 8 heteroatoms. The number of carbonyl (C=O) groups excluding carboxylic acids is 2. The van der Waals surface area contributed by atoms with Gasteiger partial charge >= 0.3 is 0 Å². The van der Waals surface area contributed by atoms with Gasteiger partial charge in [-0.1, -0.05) is 82.1 Å². The van der Waals surface area contributed by atoms with Crippen LogP contribution >= 0.6 is 12.6 Å². The van der Waals surface area contributed by atoms with Gasteiger partial charge in [0, 0.05) is 27.4 Å². The zero-order valence-corrected chi connectivity index (χ0v) is 37.9. The number of aromatic hydroxyl groups is 1. The number of rotatable bonds is 18. The predicted molar refractivity (Wildman–Crippen MR) is 244 cm³/mol. The van der Waals surface area contributed by atoms with Crippen molar-refractivity contribution in [2.75, 3.05) is 23.8 Å². The molecule has 0 fully saturated rings. The lowest BCUT2D eigenvalue weighted by atomic mass is 9.76. The SMILES string of the molecule is CCCCc1c(Nc2c(C(C)C)cc(OCC)cc2C(C)C)c(Nc2c(C(C)C)cc(OCC)cc2C(C)C)c(CCCC)c2c1C(=O)c1c(O)ccc(S)c1C2=O. The molecule has 0 amide bonds. The smallest absolute Gasteiger partial charge is 0.198 e. The van der Waals surface area contributed by atoms with Crippen LogP contribution in [0.1, 0.15) is 198 Å². The summed E-state index contributed by atoms with van der Waals surface area (Å²) in [4.78, 5) is 30.7. The Morgan fingerprint density at radius 2 is 0.914 bits per heavy atom. The fourth-order valence-corrected chi connectivity index (χ4v) is 8.59. The number of ether oxygens (including phenoxy) is 2. The molecule has 4 aromatic carbocycles. The molecular formula is C50H66N2O5S. The van der Waals surface area contributed by atoms with Crippen molar-refractivity contribution in [3.63, 3.8) is 0 Å². The quantitative estimate of drug-likeness (QED) is 0.0655. The maximum atomic E-state index is 15.2. The summed E-state index contributed by atoms with van der Waals surface area (Å²) in [7, 11) is 0. The number of phenolic OH excluding ortho intramolecular Hbond substituents is 1. The first-order chi connectivity index (χ1) is 27.6. The van der Waals surface area contributed by atoms with Crippen molar-refractivity contribution in [3.8, 4) is 17.2 Å². The third-order valence-corrected chi connectivity index (χ3v) is 11.7. The highest BCUT2D eigenvalue weighted by molar-refractivity contribution is 7.80. The number of anilines is 4. The van der Waals surface area contributed by atoms with Gasteiger partial charge in [-0.3, -0.25) is 9.59 Å². The third-order valence-electron chi connectivity index (χ3n) is 11.3. The topological polar surface area (TPSA) is 96.9 Å². The highest BCUT2D eigenvalue weighted by atomic mass is 32.1. The molecule has 3 N–H and O–H groups in total. The van der Waals surface area contributed by atoms with Crippen molar-refractivity contribution >= 4 is 46.9 Å². The van der Waals surface area contributed by atoms with Gasteiger partial charge < -0.3 is 25.2 Å². The van der Waals surface area contributed by atoms with E-state index in [-0.39, 0.29) is 52.1 Å². The molecule has 0 saturated heterocycles. The Kier molecular flexibility index (Phi) is 14.7. The van der Waals surface area contributed by atoms with Crippen LogP contribution in [-0.4, -0.2) is 29.9 Å². The highest BCUT2D eigenvalue weighted by Crippen LogP contribution is 2.50. The summed E-state index contributed by atoms with van der Waals surface area (Å²) in [5.74, 6) is 1.38. The van der Waals surface area contributed by atoms with Crippen molar-refractivity contribution in [3.05, 3.63) is 92.0 Å². The zero-order valence-electron chi connectivity index (χ0n) is 37.0. The minimum atomic E-state index is -0.344. The van der Waals surface area contributed by atoms with Crippen LogP contribution in [0.25, 0.3) is 0 Å². The van der Waals surface area contributed by atoms with E-state index < -0.39 is 0 Å². The second kappa shape index (κ2) is 19.1. The van der Waals surface area contributed by atoms with E-state index >= 15 is 9.59 Å². The average Bonchev–Trinajstić information content (AvgIpc) is 3.17. The summed E-state index contributed by atoms with van der Waals surface area (Å²) in [6.45, 7) is 26.9. The molecule has 0 aromatic heterocycles. The van der Waals surface area contributed by atoms with E-state index in [2.05, 4.69) is 104 Å². The van der Waals surface area contributed by atoms with Gasteiger partial charge in [0.2, 0.25) is 0 Å². The number of carbonyl (C=O) groups is 2. The van der Waals surface area contributed by atoms with Crippen molar-refractivity contribution in [1.82, 2.24) is 0 Å². The molecule has 0 saturated carbocycles. The van der Waals surface area contributed by atoms with Crippen LogP contribution < -0.4 is 20.1 Å². The molecule has 1 aliphatic carbocycles. The van der Waals surface area contributed by atoms with Crippen molar-refractivity contribution < 1.29 is 24.2 Å². The maximum absolute atomic E-state index is 15.2. The molecule has 0 spiro atoms. The van der Waals surface area contributed by atoms with Gasteiger partial charge in [-0.05, 0) is 133 Å². The third kappa shape index (κ3) is 8.78. The summed E-state index contributed by atoms with van der Waals surface area (Å²) < 4.78 is 12.3. The Morgan fingerprint density at radius 1 is 0.552 bits per heavy atom. The van der Waals surface area contributed by atoms with Crippen LogP contribution in [0.15, 0.2) is 41.3 Å². The van der Waals surface area contributed by atoms with Crippen LogP contribution in [-0.2, 0) is 12.8 Å². The molecule has 4 aromatic rings. The minimum Gasteiger partial charge on any atom is -0.507 e. The fraction of sp³-hybridized carbons (Fsp3) is 0.480. The molecule has 0 atom stereocenters. The van der Waals surface area contributed by atoms with E-state index in [1.807, 2.05) is 13.8 Å². The van der Waals surface area contributed by atoms with Gasteiger partial charge in [0.1, 0.15) is 17.2 Å². The number of phenols is 1. The first-order valence-corrected chi connectivity index (χ1v) is 22.1. The fourth-order valence-electron chi connectivity index (χ4n) is 8.31. The maximum Gasteiger partial charge on any atom is 0.198 e. The lowest BCUT2D eigenvalue weighted by Gasteiger charge is -2.33. The monoisotopic (exact) mass is 806 g/mol. The summed E-state index contributed by atoms with van der Waals surface area (Å²) in [6, 6.07) is 11.6. The van der Waals surface area contributed by atoms with Gasteiger partial charge in [0.05, 0.1) is 35.7 Å². The molecule has 0 heterocycles. The number of unbranched alkanes of at least 4 members (excludes halogenated alkanes) is 2. The summed E-state index contributed by atoms with van der Waals surface area (Å²) in [5, 5.41) is 19.3. The molecule has 58 heavy (non-hydrogen) atoms. The summed E-state index contributed by atoms with van der Waals surface area (Å²) >= 11 is 4.70. The molecule has 312 valence electrons. The molecule has 0 aliphatic heterocycles. The molecule has 1 aliphatic rings. The Balaban J connectivity index is 2.02. The Labute approximate surface area is 353 Å². The minimum absolute atomic E-state index is 0.0263. The molecular weight excluding hydrogens is 741 g/mol. The number of ketones is 2. The van der Waals surface area contributed by atoms with Gasteiger partial charge in [-0.15, -0.1) is 12.6 Å². The normalized spacial score (nSPS) is 12.5. The number of nitrogens with one attached hydrogen (secondary N) is 2. The van der Waals surface area contributed by atoms with Gasteiger partial charge in [0.15, 0.2) is 11.6 Å². The first-order valence-electron chi connectivity index (χ1n) is 21.6. The van der Waals surface area contributed by atoms with E-state index in [9.17, 15) is 5.11 Å². The van der Waals surface area contributed by atoms with Crippen LogP contribution in [0.4, 0.5) is 22.7 Å². The van der Waals surface area contributed by atoms with Crippen LogP contribution in [0.2, 0.25) is 0 Å². The zero-order chi connectivity index (χ0) is 42.6.